The first kappa shape index (κ1) is 22.0. The largest absolute Gasteiger partial charge is 0.452 e. The number of amides is 1. The molecule has 0 fully saturated rings. The van der Waals surface area contributed by atoms with Crippen LogP contribution >= 0.6 is 0 Å². The van der Waals surface area contributed by atoms with Crippen LogP contribution in [0.5, 0.6) is 0 Å². The zero-order chi connectivity index (χ0) is 22.7. The Bertz CT molecular complexity index is 1140. The van der Waals surface area contributed by atoms with Crippen LogP contribution in [0.4, 0.5) is 5.69 Å². The highest BCUT2D eigenvalue weighted by Crippen LogP contribution is 2.28. The number of ether oxygens (including phenoxy) is 1. The van der Waals surface area contributed by atoms with E-state index in [9.17, 15) is 9.59 Å². The summed E-state index contributed by atoms with van der Waals surface area (Å²) in [5, 5.41) is 3.56. The van der Waals surface area contributed by atoms with Crippen LogP contribution in [-0.4, -0.2) is 41.5 Å². The first-order valence-corrected chi connectivity index (χ1v) is 11.2. The minimum Gasteiger partial charge on any atom is -0.452 e. The van der Waals surface area contributed by atoms with Crippen molar-refractivity contribution < 1.29 is 14.3 Å². The molecule has 1 amide bonds. The third-order valence-corrected chi connectivity index (χ3v) is 5.97. The van der Waals surface area contributed by atoms with Gasteiger partial charge in [-0.25, -0.2) is 4.79 Å². The number of benzene rings is 2. The number of anilines is 1. The van der Waals surface area contributed by atoms with Gasteiger partial charge in [0, 0.05) is 41.8 Å². The molecule has 166 valence electrons. The fourth-order valence-corrected chi connectivity index (χ4v) is 4.10. The quantitative estimate of drug-likeness (QED) is 0.581. The highest BCUT2D eigenvalue weighted by Gasteiger charge is 2.26. The SMILES string of the molecule is CCN1CCc2nc3ccccc3c(C(=O)OCC(=O)Nc3ccc(C(C)C)cc3)c2C1. The van der Waals surface area contributed by atoms with Crippen molar-refractivity contribution in [3.8, 4) is 0 Å². The molecule has 4 rings (SSSR count). The molecule has 2 heterocycles. The summed E-state index contributed by atoms with van der Waals surface area (Å²) in [6, 6.07) is 15.3. The van der Waals surface area contributed by atoms with Crippen molar-refractivity contribution in [3.63, 3.8) is 0 Å². The first-order valence-electron chi connectivity index (χ1n) is 11.2. The normalized spacial score (nSPS) is 13.8. The summed E-state index contributed by atoms with van der Waals surface area (Å²) in [5.74, 6) is -0.424. The molecule has 32 heavy (non-hydrogen) atoms. The number of nitrogens with one attached hydrogen (secondary N) is 1. The maximum atomic E-state index is 13.2. The van der Waals surface area contributed by atoms with Crippen molar-refractivity contribution in [2.75, 3.05) is 25.0 Å². The number of nitrogens with zero attached hydrogens (tertiary/aromatic N) is 2. The van der Waals surface area contributed by atoms with Gasteiger partial charge in [-0.3, -0.25) is 14.7 Å². The van der Waals surface area contributed by atoms with Crippen molar-refractivity contribution in [2.24, 2.45) is 0 Å². The number of para-hydroxylation sites is 1. The third kappa shape index (κ3) is 4.65. The fraction of sp³-hybridized carbons (Fsp3) is 0.346. The lowest BCUT2D eigenvalue weighted by atomic mass is 9.96. The second kappa shape index (κ2) is 9.49. The Morgan fingerprint density at radius 1 is 1.12 bits per heavy atom. The van der Waals surface area contributed by atoms with E-state index in [1.54, 1.807) is 0 Å². The van der Waals surface area contributed by atoms with Crippen LogP contribution in [0.1, 0.15) is 53.9 Å². The smallest absolute Gasteiger partial charge is 0.339 e. The Balaban J connectivity index is 1.51. The van der Waals surface area contributed by atoms with Crippen LogP contribution in [0.25, 0.3) is 10.9 Å². The molecule has 1 N–H and O–H groups in total. The first-order chi connectivity index (χ1) is 15.5. The van der Waals surface area contributed by atoms with Crippen LogP contribution in [0.15, 0.2) is 48.5 Å². The number of hydrogen-bond acceptors (Lipinski definition) is 5. The van der Waals surface area contributed by atoms with E-state index in [1.807, 2.05) is 48.5 Å². The van der Waals surface area contributed by atoms with E-state index in [-0.39, 0.29) is 12.5 Å². The van der Waals surface area contributed by atoms with Crippen molar-refractivity contribution in [3.05, 3.63) is 70.9 Å². The minimum atomic E-state index is -0.483. The van der Waals surface area contributed by atoms with Crippen LogP contribution in [0, 0.1) is 0 Å². The molecule has 0 aliphatic carbocycles. The molecule has 1 aliphatic heterocycles. The van der Waals surface area contributed by atoms with E-state index < -0.39 is 5.97 Å². The van der Waals surface area contributed by atoms with Gasteiger partial charge in [-0.05, 0) is 36.2 Å². The van der Waals surface area contributed by atoms with Gasteiger partial charge in [-0.15, -0.1) is 0 Å². The average Bonchev–Trinajstić information content (AvgIpc) is 2.81. The lowest BCUT2D eigenvalue weighted by Crippen LogP contribution is -2.32. The molecule has 0 atom stereocenters. The lowest BCUT2D eigenvalue weighted by Gasteiger charge is -2.28. The van der Waals surface area contributed by atoms with E-state index in [0.29, 0.717) is 23.7 Å². The summed E-state index contributed by atoms with van der Waals surface area (Å²) >= 11 is 0. The maximum absolute atomic E-state index is 13.2. The van der Waals surface area contributed by atoms with Gasteiger partial charge in [0.1, 0.15) is 0 Å². The topological polar surface area (TPSA) is 71.5 Å². The highest BCUT2D eigenvalue weighted by atomic mass is 16.5. The van der Waals surface area contributed by atoms with Crippen molar-refractivity contribution in [1.82, 2.24) is 9.88 Å². The van der Waals surface area contributed by atoms with Gasteiger partial charge in [-0.1, -0.05) is 51.1 Å². The zero-order valence-corrected chi connectivity index (χ0v) is 18.9. The van der Waals surface area contributed by atoms with Gasteiger partial charge < -0.3 is 10.1 Å². The number of rotatable bonds is 6. The van der Waals surface area contributed by atoms with Crippen molar-refractivity contribution in [2.45, 2.75) is 39.7 Å². The Kier molecular flexibility index (Phi) is 6.51. The number of pyridine rings is 1. The van der Waals surface area contributed by atoms with E-state index in [0.717, 1.165) is 41.7 Å². The molecule has 0 radical (unpaired) electrons. The summed E-state index contributed by atoms with van der Waals surface area (Å²) in [6.45, 7) is 8.48. The van der Waals surface area contributed by atoms with Gasteiger partial charge in [0.2, 0.25) is 0 Å². The fourth-order valence-electron chi connectivity index (χ4n) is 4.10. The van der Waals surface area contributed by atoms with Gasteiger partial charge in [0.05, 0.1) is 11.1 Å². The molecular formula is C26H29N3O3. The van der Waals surface area contributed by atoms with Crippen molar-refractivity contribution >= 4 is 28.5 Å². The number of aromatic nitrogens is 1. The van der Waals surface area contributed by atoms with Gasteiger partial charge in [0.25, 0.3) is 5.91 Å². The number of hydrogen-bond donors (Lipinski definition) is 1. The predicted molar refractivity (Wildman–Crippen MR) is 126 cm³/mol. The number of carbonyl (C=O) groups is 2. The van der Waals surface area contributed by atoms with E-state index in [4.69, 9.17) is 9.72 Å². The number of esters is 1. The minimum absolute atomic E-state index is 0.340. The molecule has 6 heteroatoms. The molecule has 3 aromatic rings. The summed E-state index contributed by atoms with van der Waals surface area (Å²) in [5.41, 5.74) is 5.03. The number of fused-ring (bicyclic) bond motifs is 2. The Hall–Kier alpha value is -3.25. The Morgan fingerprint density at radius 2 is 1.88 bits per heavy atom. The van der Waals surface area contributed by atoms with Crippen LogP contribution in [-0.2, 0) is 22.5 Å². The van der Waals surface area contributed by atoms with Crippen LogP contribution < -0.4 is 5.32 Å². The monoisotopic (exact) mass is 431 g/mol. The number of carbonyl (C=O) groups excluding carboxylic acids is 2. The van der Waals surface area contributed by atoms with Crippen LogP contribution in [0.3, 0.4) is 0 Å². The zero-order valence-electron chi connectivity index (χ0n) is 18.9. The van der Waals surface area contributed by atoms with E-state index >= 15 is 0 Å². The summed E-state index contributed by atoms with van der Waals surface area (Å²) in [7, 11) is 0. The predicted octanol–water partition coefficient (Wildman–Crippen LogP) is 4.53. The summed E-state index contributed by atoms with van der Waals surface area (Å²) in [4.78, 5) is 32.6. The molecule has 0 unspecified atom stereocenters. The molecule has 0 saturated heterocycles. The molecule has 1 aliphatic rings. The van der Waals surface area contributed by atoms with E-state index in [2.05, 4.69) is 31.0 Å². The van der Waals surface area contributed by atoms with Crippen molar-refractivity contribution in [1.29, 1.82) is 0 Å². The lowest BCUT2D eigenvalue weighted by molar-refractivity contribution is -0.119. The van der Waals surface area contributed by atoms with Gasteiger partial charge >= 0.3 is 5.97 Å². The molecule has 6 nitrogen and oxygen atoms in total. The standard InChI is InChI=1S/C26H29N3O3/c1-4-29-14-13-23-21(15-29)25(20-7-5-6-8-22(20)28-23)26(31)32-16-24(30)27-19-11-9-18(10-12-19)17(2)3/h5-12,17H,4,13-16H2,1-3H3,(H,27,30). The van der Waals surface area contributed by atoms with Gasteiger partial charge in [-0.2, -0.15) is 0 Å². The third-order valence-electron chi connectivity index (χ3n) is 5.97. The summed E-state index contributed by atoms with van der Waals surface area (Å²) < 4.78 is 5.47. The molecule has 0 spiro atoms. The number of likely N-dealkylation sites (N-methyl/N-ethyl adjacent to an activating group) is 1. The average molecular weight is 432 g/mol. The second-order valence-electron chi connectivity index (χ2n) is 8.45. The van der Waals surface area contributed by atoms with Crippen LogP contribution in [0.2, 0.25) is 0 Å². The Morgan fingerprint density at radius 3 is 2.59 bits per heavy atom. The molecule has 0 saturated carbocycles. The molecular weight excluding hydrogens is 402 g/mol. The molecule has 0 bridgehead atoms. The highest BCUT2D eigenvalue weighted by molar-refractivity contribution is 6.06. The second-order valence-corrected chi connectivity index (χ2v) is 8.45. The summed E-state index contributed by atoms with van der Waals surface area (Å²) in [6.07, 6.45) is 0.793. The maximum Gasteiger partial charge on any atom is 0.339 e. The van der Waals surface area contributed by atoms with E-state index in [1.165, 1.54) is 5.56 Å². The Labute approximate surface area is 188 Å². The molecule has 2 aromatic carbocycles. The molecule has 1 aromatic heterocycles. The van der Waals surface area contributed by atoms with Gasteiger partial charge in [0.15, 0.2) is 6.61 Å².